The quantitative estimate of drug-likeness (QED) is 0.192. The van der Waals surface area contributed by atoms with Gasteiger partial charge in [-0.25, -0.2) is 0 Å². The van der Waals surface area contributed by atoms with E-state index in [4.69, 9.17) is 8.85 Å². The molecule has 1 aliphatic carbocycles. The lowest BCUT2D eigenvalue weighted by Crippen LogP contribution is -2.41. The van der Waals surface area contributed by atoms with Gasteiger partial charge in [0.1, 0.15) is 11.5 Å². The Hall–Kier alpha value is -2.71. The van der Waals surface area contributed by atoms with Crippen LogP contribution in [0.5, 0.6) is 11.5 Å². The maximum absolute atomic E-state index is 14.3. The summed E-state index contributed by atoms with van der Waals surface area (Å²) in [4.78, 5) is 28.5. The molecule has 0 aliphatic heterocycles. The number of fused-ring (bicyclic) bond motifs is 3. The van der Waals surface area contributed by atoms with E-state index in [1.54, 1.807) is 6.07 Å². The van der Waals surface area contributed by atoms with Crippen molar-refractivity contribution in [3.63, 3.8) is 0 Å². The predicted octanol–water partition coefficient (Wildman–Crippen LogP) is 8.69. The SMILES string of the molecule is CC[Si](CC)(CC)Oc1c2c(c(O[Si](CC)(CC)CC)c3ccccc13)C(=O)c1cc(C)ccc1C2=O. The Kier molecular flexibility index (Phi) is 7.81. The van der Waals surface area contributed by atoms with Gasteiger partial charge in [-0.1, -0.05) is 83.5 Å². The van der Waals surface area contributed by atoms with Crippen LogP contribution in [-0.4, -0.2) is 28.2 Å². The van der Waals surface area contributed by atoms with Gasteiger partial charge in [0.25, 0.3) is 16.6 Å². The molecule has 1 aliphatic rings. The summed E-state index contributed by atoms with van der Waals surface area (Å²) < 4.78 is 14.0. The van der Waals surface area contributed by atoms with Crippen LogP contribution in [0, 0.1) is 6.92 Å². The molecule has 0 bridgehead atoms. The fourth-order valence-electron chi connectivity index (χ4n) is 5.70. The van der Waals surface area contributed by atoms with E-state index in [2.05, 4.69) is 41.5 Å². The molecule has 0 heterocycles. The summed E-state index contributed by atoms with van der Waals surface area (Å²) in [5, 5.41) is 1.73. The molecule has 3 aromatic carbocycles. The molecule has 4 rings (SSSR count). The molecule has 0 fully saturated rings. The average Bonchev–Trinajstić information content (AvgIpc) is 2.94. The van der Waals surface area contributed by atoms with Gasteiger partial charge in [-0.2, -0.15) is 0 Å². The van der Waals surface area contributed by atoms with Gasteiger partial charge in [-0.3, -0.25) is 9.59 Å². The Morgan fingerprint density at radius 1 is 0.595 bits per heavy atom. The minimum absolute atomic E-state index is 0.137. The zero-order chi connectivity index (χ0) is 27.0. The lowest BCUT2D eigenvalue weighted by Gasteiger charge is -2.35. The molecule has 0 saturated heterocycles. The summed E-state index contributed by atoms with van der Waals surface area (Å²) in [6.45, 7) is 15.0. The van der Waals surface area contributed by atoms with Gasteiger partial charge in [0, 0.05) is 21.9 Å². The lowest BCUT2D eigenvalue weighted by molar-refractivity contribution is 0.0976. The van der Waals surface area contributed by atoms with Gasteiger partial charge in [0.05, 0.1) is 11.1 Å². The van der Waals surface area contributed by atoms with Crippen molar-refractivity contribution in [1.82, 2.24) is 0 Å². The van der Waals surface area contributed by atoms with Crippen molar-refractivity contribution in [2.45, 2.75) is 84.7 Å². The molecule has 0 aromatic heterocycles. The third-order valence-electron chi connectivity index (χ3n) is 8.74. The molecule has 0 saturated carbocycles. The minimum Gasteiger partial charge on any atom is -0.543 e. The Labute approximate surface area is 223 Å². The summed E-state index contributed by atoms with van der Waals surface area (Å²) >= 11 is 0. The molecular weight excluding hydrogens is 493 g/mol. The molecule has 0 unspecified atom stereocenters. The molecule has 0 atom stereocenters. The van der Waals surface area contributed by atoms with Gasteiger partial charge in [-0.05, 0) is 49.3 Å². The minimum atomic E-state index is -2.17. The number of aryl methyl sites for hydroxylation is 1. The molecule has 6 heteroatoms. The molecule has 0 radical (unpaired) electrons. The highest BCUT2D eigenvalue weighted by Crippen LogP contribution is 2.48. The zero-order valence-electron chi connectivity index (χ0n) is 23.4. The molecule has 0 N–H and O–H groups in total. The summed E-state index contributed by atoms with van der Waals surface area (Å²) in [7, 11) is -4.34. The van der Waals surface area contributed by atoms with Crippen molar-refractivity contribution in [2.24, 2.45) is 0 Å². The Morgan fingerprint density at radius 3 is 1.41 bits per heavy atom. The van der Waals surface area contributed by atoms with Crippen molar-refractivity contribution in [2.75, 3.05) is 0 Å². The maximum Gasteiger partial charge on any atom is 0.250 e. The number of carbonyl (C=O) groups is 2. The van der Waals surface area contributed by atoms with E-state index in [9.17, 15) is 9.59 Å². The molecule has 37 heavy (non-hydrogen) atoms. The number of ketones is 2. The molecule has 4 nitrogen and oxygen atoms in total. The highest BCUT2D eigenvalue weighted by molar-refractivity contribution is 6.75. The fourth-order valence-corrected chi connectivity index (χ4v) is 10.9. The topological polar surface area (TPSA) is 52.6 Å². The first-order chi connectivity index (χ1) is 17.7. The van der Waals surface area contributed by atoms with E-state index >= 15 is 0 Å². The standard InChI is InChI=1S/C31H40O4Si2/c1-8-36(9-2,10-3)34-30-23-16-14-15-17-24(23)31(35-37(11-4,12-5)13-6)27-26(30)28(32)22-19-18-21(7)20-25(22)29(27)33/h14-20H,8-13H2,1-7H3. The van der Waals surface area contributed by atoms with E-state index in [1.807, 2.05) is 43.3 Å². The van der Waals surface area contributed by atoms with Crippen molar-refractivity contribution in [3.05, 3.63) is 70.3 Å². The predicted molar refractivity (Wildman–Crippen MR) is 158 cm³/mol. The van der Waals surface area contributed by atoms with Crippen LogP contribution in [0.25, 0.3) is 10.8 Å². The van der Waals surface area contributed by atoms with Crippen molar-refractivity contribution in [3.8, 4) is 11.5 Å². The second kappa shape index (κ2) is 10.6. The Bertz CT molecular complexity index is 1340. The first-order valence-corrected chi connectivity index (χ1v) is 19.0. The summed E-state index contributed by atoms with van der Waals surface area (Å²) in [6, 6.07) is 19.2. The Morgan fingerprint density at radius 2 is 1.00 bits per heavy atom. The number of carbonyl (C=O) groups excluding carboxylic acids is 2. The van der Waals surface area contributed by atoms with Crippen LogP contribution in [0.1, 0.15) is 78.9 Å². The molecular formula is C31H40O4Si2. The molecule has 0 spiro atoms. The van der Waals surface area contributed by atoms with Crippen LogP contribution < -0.4 is 8.85 Å². The monoisotopic (exact) mass is 532 g/mol. The van der Waals surface area contributed by atoms with Crippen LogP contribution in [0.15, 0.2) is 42.5 Å². The van der Waals surface area contributed by atoms with Gasteiger partial charge in [0.2, 0.25) is 0 Å². The fraction of sp³-hybridized carbons (Fsp3) is 0.419. The van der Waals surface area contributed by atoms with Crippen LogP contribution in [0.2, 0.25) is 36.3 Å². The maximum atomic E-state index is 14.3. The highest BCUT2D eigenvalue weighted by atomic mass is 28.4. The molecule has 3 aromatic rings. The third-order valence-corrected chi connectivity index (χ3v) is 17.7. The normalized spacial score (nSPS) is 13.5. The number of hydrogen-bond donors (Lipinski definition) is 0. The number of rotatable bonds is 10. The Balaban J connectivity index is 2.14. The molecule has 196 valence electrons. The van der Waals surface area contributed by atoms with E-state index in [1.165, 1.54) is 0 Å². The summed E-state index contributed by atoms with van der Waals surface area (Å²) in [5.41, 5.74) is 2.67. The summed E-state index contributed by atoms with van der Waals surface area (Å²) in [6.07, 6.45) is 0. The number of benzene rings is 3. The van der Waals surface area contributed by atoms with Crippen LogP contribution in [0.3, 0.4) is 0 Å². The van der Waals surface area contributed by atoms with Crippen molar-refractivity contribution >= 4 is 39.0 Å². The van der Waals surface area contributed by atoms with Crippen LogP contribution in [-0.2, 0) is 0 Å². The smallest absolute Gasteiger partial charge is 0.250 e. The second-order valence-corrected chi connectivity index (χ2v) is 19.7. The van der Waals surface area contributed by atoms with Gasteiger partial charge < -0.3 is 8.85 Å². The number of hydrogen-bond acceptors (Lipinski definition) is 4. The first-order valence-electron chi connectivity index (χ1n) is 13.9. The highest BCUT2D eigenvalue weighted by Gasteiger charge is 2.42. The van der Waals surface area contributed by atoms with Gasteiger partial charge in [0.15, 0.2) is 11.6 Å². The van der Waals surface area contributed by atoms with Crippen molar-refractivity contribution in [1.29, 1.82) is 0 Å². The van der Waals surface area contributed by atoms with Gasteiger partial charge in [-0.15, -0.1) is 0 Å². The van der Waals surface area contributed by atoms with Crippen LogP contribution >= 0.6 is 0 Å². The third kappa shape index (κ3) is 4.48. The van der Waals surface area contributed by atoms with E-state index < -0.39 is 16.6 Å². The van der Waals surface area contributed by atoms with E-state index in [-0.39, 0.29) is 11.6 Å². The first kappa shape index (κ1) is 27.3. The average molecular weight is 533 g/mol. The van der Waals surface area contributed by atoms with Gasteiger partial charge >= 0.3 is 0 Å². The van der Waals surface area contributed by atoms with E-state index in [0.717, 1.165) is 52.6 Å². The largest absolute Gasteiger partial charge is 0.543 e. The second-order valence-electron chi connectivity index (χ2n) is 10.4. The molecule has 0 amide bonds. The van der Waals surface area contributed by atoms with E-state index in [0.29, 0.717) is 33.8 Å². The zero-order valence-corrected chi connectivity index (χ0v) is 25.4. The van der Waals surface area contributed by atoms with Crippen molar-refractivity contribution < 1.29 is 18.4 Å². The lowest BCUT2D eigenvalue weighted by atomic mass is 9.81. The van der Waals surface area contributed by atoms with Crippen LogP contribution in [0.4, 0.5) is 0 Å². The summed E-state index contributed by atoms with van der Waals surface area (Å²) in [5.74, 6) is 0.883.